The molecule has 0 aliphatic carbocycles. The van der Waals surface area contributed by atoms with E-state index in [4.69, 9.17) is 11.0 Å². The van der Waals surface area contributed by atoms with Crippen molar-refractivity contribution in [3.8, 4) is 6.07 Å². The second-order valence-electron chi connectivity index (χ2n) is 2.81. The molecule has 13 heavy (non-hydrogen) atoms. The molecule has 0 saturated heterocycles. The van der Waals surface area contributed by atoms with Crippen LogP contribution < -0.4 is 5.73 Å². The zero-order chi connectivity index (χ0) is 9.26. The number of aromatic nitrogens is 2. The molecule has 0 spiro atoms. The van der Waals surface area contributed by atoms with Crippen molar-refractivity contribution in [3.63, 3.8) is 0 Å². The van der Waals surface area contributed by atoms with Crippen LogP contribution in [-0.2, 0) is 6.42 Å². The molecule has 0 atom stereocenters. The summed E-state index contributed by atoms with van der Waals surface area (Å²) < 4.78 is 0. The number of anilines is 1. The number of nitrogen functional groups attached to an aromatic ring is 1. The standard InChI is InChI=1S/C9H8N4/c10-4-3-9-7-5-6(11)1-2-8(7)12-13-9/h1-2,5H,3,11H2,(H,12,13). The van der Waals surface area contributed by atoms with Crippen molar-refractivity contribution in [3.05, 3.63) is 23.9 Å². The fourth-order valence-corrected chi connectivity index (χ4v) is 1.29. The lowest BCUT2D eigenvalue weighted by Gasteiger charge is -1.92. The third kappa shape index (κ3) is 1.20. The smallest absolute Gasteiger partial charge is 0.0925 e. The van der Waals surface area contributed by atoms with Crippen molar-refractivity contribution in [1.82, 2.24) is 10.2 Å². The fourth-order valence-electron chi connectivity index (χ4n) is 1.29. The molecule has 2 aromatic rings. The monoisotopic (exact) mass is 172 g/mol. The maximum atomic E-state index is 8.54. The van der Waals surface area contributed by atoms with Gasteiger partial charge in [-0.25, -0.2) is 0 Å². The van der Waals surface area contributed by atoms with Crippen molar-refractivity contribution < 1.29 is 0 Å². The normalized spacial score (nSPS) is 10.1. The van der Waals surface area contributed by atoms with E-state index in [0.717, 1.165) is 16.6 Å². The van der Waals surface area contributed by atoms with Gasteiger partial charge in [0, 0.05) is 11.1 Å². The molecule has 2 rings (SSSR count). The van der Waals surface area contributed by atoms with Crippen LogP contribution >= 0.6 is 0 Å². The minimum atomic E-state index is 0.333. The van der Waals surface area contributed by atoms with Gasteiger partial charge in [-0.2, -0.15) is 10.4 Å². The van der Waals surface area contributed by atoms with Gasteiger partial charge in [-0.1, -0.05) is 0 Å². The number of rotatable bonds is 1. The molecular formula is C9H8N4. The van der Waals surface area contributed by atoms with Crippen molar-refractivity contribution >= 4 is 16.6 Å². The van der Waals surface area contributed by atoms with E-state index in [1.54, 1.807) is 6.07 Å². The van der Waals surface area contributed by atoms with Crippen LogP contribution in [0.2, 0.25) is 0 Å². The van der Waals surface area contributed by atoms with E-state index in [0.29, 0.717) is 12.1 Å². The van der Waals surface area contributed by atoms with Crippen LogP contribution in [0.5, 0.6) is 0 Å². The number of fused-ring (bicyclic) bond motifs is 1. The minimum Gasteiger partial charge on any atom is -0.399 e. The predicted molar refractivity (Wildman–Crippen MR) is 49.8 cm³/mol. The molecule has 1 heterocycles. The van der Waals surface area contributed by atoms with Gasteiger partial charge < -0.3 is 5.73 Å². The van der Waals surface area contributed by atoms with Gasteiger partial charge in [0.15, 0.2) is 0 Å². The molecule has 0 saturated carbocycles. The molecule has 0 aliphatic rings. The first-order valence-electron chi connectivity index (χ1n) is 3.90. The molecule has 0 amide bonds. The molecule has 3 N–H and O–H groups in total. The summed E-state index contributed by atoms with van der Waals surface area (Å²) in [6, 6.07) is 7.52. The lowest BCUT2D eigenvalue weighted by Crippen LogP contribution is -1.85. The Kier molecular flexibility index (Phi) is 1.64. The highest BCUT2D eigenvalue weighted by molar-refractivity contribution is 5.84. The number of benzene rings is 1. The van der Waals surface area contributed by atoms with Crippen molar-refractivity contribution in [2.75, 3.05) is 5.73 Å². The Morgan fingerprint density at radius 2 is 2.38 bits per heavy atom. The van der Waals surface area contributed by atoms with E-state index >= 15 is 0 Å². The third-order valence-electron chi connectivity index (χ3n) is 1.91. The highest BCUT2D eigenvalue weighted by Crippen LogP contribution is 2.18. The van der Waals surface area contributed by atoms with Gasteiger partial charge in [-0.05, 0) is 18.2 Å². The summed E-state index contributed by atoms with van der Waals surface area (Å²) in [5.74, 6) is 0. The zero-order valence-corrected chi connectivity index (χ0v) is 6.91. The highest BCUT2D eigenvalue weighted by atomic mass is 15.1. The average molecular weight is 172 g/mol. The first-order chi connectivity index (χ1) is 6.31. The van der Waals surface area contributed by atoms with Gasteiger partial charge >= 0.3 is 0 Å². The molecule has 0 fully saturated rings. The molecule has 4 nitrogen and oxygen atoms in total. The van der Waals surface area contributed by atoms with Gasteiger partial charge in [-0.15, -0.1) is 0 Å². The van der Waals surface area contributed by atoms with Crippen LogP contribution in [0.25, 0.3) is 10.9 Å². The number of aromatic amines is 1. The van der Waals surface area contributed by atoms with E-state index in [9.17, 15) is 0 Å². The van der Waals surface area contributed by atoms with E-state index in [2.05, 4.69) is 16.3 Å². The van der Waals surface area contributed by atoms with E-state index in [1.807, 2.05) is 12.1 Å². The Labute approximate surface area is 75.0 Å². The quantitative estimate of drug-likeness (QED) is 0.634. The van der Waals surface area contributed by atoms with Gasteiger partial charge in [0.2, 0.25) is 0 Å². The van der Waals surface area contributed by atoms with Crippen LogP contribution in [-0.4, -0.2) is 10.2 Å². The molecule has 4 heteroatoms. The first kappa shape index (κ1) is 7.62. The molecule has 1 aromatic carbocycles. The highest BCUT2D eigenvalue weighted by Gasteiger charge is 2.03. The summed E-state index contributed by atoms with van der Waals surface area (Å²) >= 11 is 0. The average Bonchev–Trinajstić information content (AvgIpc) is 2.49. The lowest BCUT2D eigenvalue weighted by molar-refractivity contribution is 1.03. The number of nitriles is 1. The van der Waals surface area contributed by atoms with Crippen LogP contribution in [0, 0.1) is 11.3 Å². The maximum absolute atomic E-state index is 8.54. The second-order valence-corrected chi connectivity index (χ2v) is 2.81. The van der Waals surface area contributed by atoms with E-state index < -0.39 is 0 Å². The molecule has 64 valence electrons. The predicted octanol–water partition coefficient (Wildman–Crippen LogP) is 1.21. The zero-order valence-electron chi connectivity index (χ0n) is 6.91. The maximum Gasteiger partial charge on any atom is 0.0925 e. The Bertz CT molecular complexity index is 478. The topological polar surface area (TPSA) is 78.5 Å². The Morgan fingerprint density at radius 3 is 3.15 bits per heavy atom. The Morgan fingerprint density at radius 1 is 1.54 bits per heavy atom. The summed E-state index contributed by atoms with van der Waals surface area (Å²) in [6.45, 7) is 0. The van der Waals surface area contributed by atoms with Gasteiger partial charge in [0.25, 0.3) is 0 Å². The number of hydrogen-bond donors (Lipinski definition) is 2. The van der Waals surface area contributed by atoms with Crippen LogP contribution in [0.15, 0.2) is 18.2 Å². The Hall–Kier alpha value is -2.02. The van der Waals surface area contributed by atoms with Gasteiger partial charge in [0.05, 0.1) is 23.7 Å². The minimum absolute atomic E-state index is 0.333. The summed E-state index contributed by atoms with van der Waals surface area (Å²) in [5.41, 5.74) is 7.98. The first-order valence-corrected chi connectivity index (χ1v) is 3.90. The van der Waals surface area contributed by atoms with E-state index in [-0.39, 0.29) is 0 Å². The summed E-state index contributed by atoms with van der Waals surface area (Å²) in [4.78, 5) is 0. The summed E-state index contributed by atoms with van der Waals surface area (Å²) in [6.07, 6.45) is 0.333. The van der Waals surface area contributed by atoms with Crippen molar-refractivity contribution in [2.45, 2.75) is 6.42 Å². The number of H-pyrrole nitrogens is 1. The number of nitrogens with two attached hydrogens (primary N) is 1. The number of hydrogen-bond acceptors (Lipinski definition) is 3. The largest absolute Gasteiger partial charge is 0.399 e. The number of nitrogens with one attached hydrogen (secondary N) is 1. The van der Waals surface area contributed by atoms with E-state index in [1.165, 1.54) is 0 Å². The van der Waals surface area contributed by atoms with Gasteiger partial charge in [0.1, 0.15) is 0 Å². The van der Waals surface area contributed by atoms with Crippen molar-refractivity contribution in [1.29, 1.82) is 5.26 Å². The third-order valence-corrected chi connectivity index (χ3v) is 1.91. The lowest BCUT2D eigenvalue weighted by atomic mass is 10.1. The second kappa shape index (κ2) is 2.79. The SMILES string of the molecule is N#CCc1[nH]nc2ccc(N)cc12. The Balaban J connectivity index is 2.66. The molecule has 0 bridgehead atoms. The molecule has 0 aliphatic heterocycles. The molecular weight excluding hydrogens is 164 g/mol. The molecule has 1 aromatic heterocycles. The fraction of sp³-hybridized carbons (Fsp3) is 0.111. The molecule has 0 unspecified atom stereocenters. The van der Waals surface area contributed by atoms with Crippen LogP contribution in [0.3, 0.4) is 0 Å². The number of nitrogens with zero attached hydrogens (tertiary/aromatic N) is 2. The van der Waals surface area contributed by atoms with Crippen molar-refractivity contribution in [2.24, 2.45) is 0 Å². The molecule has 0 radical (unpaired) electrons. The van der Waals surface area contributed by atoms with Gasteiger partial charge in [-0.3, -0.25) is 5.10 Å². The van der Waals surface area contributed by atoms with Crippen LogP contribution in [0.1, 0.15) is 5.69 Å². The summed E-state index contributed by atoms with van der Waals surface area (Å²) in [7, 11) is 0. The van der Waals surface area contributed by atoms with Crippen LogP contribution in [0.4, 0.5) is 5.69 Å². The summed E-state index contributed by atoms with van der Waals surface area (Å²) in [5, 5.41) is 16.3.